The summed E-state index contributed by atoms with van der Waals surface area (Å²) >= 11 is 3.27. The molecule has 0 saturated carbocycles. The van der Waals surface area contributed by atoms with Crippen LogP contribution in [0.25, 0.3) is 0 Å². The van der Waals surface area contributed by atoms with Crippen LogP contribution < -0.4 is 5.32 Å². The fourth-order valence-corrected chi connectivity index (χ4v) is 1.74. The molecule has 0 aliphatic carbocycles. The molecular formula is C12H15BrN2O3. The van der Waals surface area contributed by atoms with Gasteiger partial charge in [0.1, 0.15) is 4.60 Å². The van der Waals surface area contributed by atoms with Crippen molar-refractivity contribution in [3.05, 3.63) is 22.4 Å². The Kier molecular flexibility index (Phi) is 5.27. The Morgan fingerprint density at radius 3 is 2.72 bits per heavy atom. The monoisotopic (exact) mass is 314 g/mol. The average molecular weight is 315 g/mol. The number of amides is 1. The third-order valence-corrected chi connectivity index (χ3v) is 3.19. The smallest absolute Gasteiger partial charge is 0.303 e. The second kappa shape index (κ2) is 6.49. The van der Waals surface area contributed by atoms with Crippen LogP contribution in [0, 0.1) is 12.8 Å². The molecule has 18 heavy (non-hydrogen) atoms. The number of nitrogens with zero attached hydrogens (tertiary/aromatic N) is 1. The number of aromatic nitrogens is 1. The Labute approximate surface area is 114 Å². The molecule has 6 heteroatoms. The first-order valence-electron chi connectivity index (χ1n) is 5.52. The highest BCUT2D eigenvalue weighted by Gasteiger charge is 2.13. The minimum atomic E-state index is -0.892. The van der Waals surface area contributed by atoms with Gasteiger partial charge in [-0.2, -0.15) is 0 Å². The number of carboxylic acids is 1. The van der Waals surface area contributed by atoms with Gasteiger partial charge in [0.2, 0.25) is 5.91 Å². The lowest BCUT2D eigenvalue weighted by molar-refractivity contribution is -0.138. The highest BCUT2D eigenvalue weighted by molar-refractivity contribution is 9.10. The Bertz CT molecular complexity index is 463. The number of nitrogens with one attached hydrogen (secondary N) is 1. The molecule has 1 aromatic rings. The van der Waals surface area contributed by atoms with Gasteiger partial charge in [-0.05, 0) is 40.4 Å². The molecule has 1 atom stereocenters. The number of pyridine rings is 1. The van der Waals surface area contributed by atoms with Gasteiger partial charge in [-0.25, -0.2) is 4.98 Å². The van der Waals surface area contributed by atoms with Crippen molar-refractivity contribution in [3.8, 4) is 0 Å². The molecule has 1 aromatic heterocycles. The lowest BCUT2D eigenvalue weighted by Gasteiger charge is -2.10. The van der Waals surface area contributed by atoms with Crippen LogP contribution in [0.2, 0.25) is 0 Å². The van der Waals surface area contributed by atoms with Crippen molar-refractivity contribution in [1.29, 1.82) is 0 Å². The molecule has 0 aliphatic rings. The van der Waals surface area contributed by atoms with Crippen molar-refractivity contribution in [3.63, 3.8) is 0 Å². The fraction of sp³-hybridized carbons (Fsp3) is 0.417. The van der Waals surface area contributed by atoms with Crippen molar-refractivity contribution < 1.29 is 14.7 Å². The predicted octanol–water partition coefficient (Wildman–Crippen LogP) is 2.59. The van der Waals surface area contributed by atoms with Crippen molar-refractivity contribution in [2.75, 3.05) is 5.32 Å². The average Bonchev–Trinajstić information content (AvgIpc) is 2.21. The lowest BCUT2D eigenvalue weighted by atomic mass is 10.0. The number of halogens is 1. The first-order chi connectivity index (χ1) is 8.38. The van der Waals surface area contributed by atoms with Crippen LogP contribution in [0.1, 0.15) is 25.3 Å². The normalized spacial score (nSPS) is 11.9. The predicted molar refractivity (Wildman–Crippen MR) is 71.3 cm³/mol. The fourth-order valence-electron chi connectivity index (χ4n) is 1.53. The van der Waals surface area contributed by atoms with Gasteiger partial charge in [0.05, 0.1) is 11.9 Å². The van der Waals surface area contributed by atoms with Gasteiger partial charge in [-0.3, -0.25) is 9.59 Å². The van der Waals surface area contributed by atoms with E-state index in [1.165, 1.54) is 0 Å². The minimum Gasteiger partial charge on any atom is -0.481 e. The number of carbonyl (C=O) groups excluding carboxylic acids is 1. The first-order valence-corrected chi connectivity index (χ1v) is 6.31. The van der Waals surface area contributed by atoms with E-state index in [1.807, 2.05) is 6.92 Å². The Hall–Kier alpha value is -1.43. The van der Waals surface area contributed by atoms with Crippen molar-refractivity contribution in [1.82, 2.24) is 4.98 Å². The van der Waals surface area contributed by atoms with Gasteiger partial charge >= 0.3 is 5.97 Å². The second-order valence-electron chi connectivity index (χ2n) is 4.29. The number of rotatable bonds is 5. The summed E-state index contributed by atoms with van der Waals surface area (Å²) in [7, 11) is 0. The number of hydrogen-bond donors (Lipinski definition) is 2. The molecule has 2 N–H and O–H groups in total. The van der Waals surface area contributed by atoms with E-state index in [4.69, 9.17) is 5.11 Å². The molecule has 1 heterocycles. The molecular weight excluding hydrogens is 300 g/mol. The summed E-state index contributed by atoms with van der Waals surface area (Å²) in [4.78, 5) is 26.2. The van der Waals surface area contributed by atoms with Crippen LogP contribution in [0.15, 0.2) is 16.9 Å². The van der Waals surface area contributed by atoms with E-state index >= 15 is 0 Å². The summed E-state index contributed by atoms with van der Waals surface area (Å²) in [5, 5.41) is 11.3. The second-order valence-corrected chi connectivity index (χ2v) is 5.04. The van der Waals surface area contributed by atoms with E-state index in [0.29, 0.717) is 5.69 Å². The van der Waals surface area contributed by atoms with E-state index in [2.05, 4.69) is 26.2 Å². The van der Waals surface area contributed by atoms with Crippen LogP contribution in [0.3, 0.4) is 0 Å². The molecule has 1 rings (SSSR count). The summed E-state index contributed by atoms with van der Waals surface area (Å²) < 4.78 is 0.736. The van der Waals surface area contributed by atoms with Gasteiger partial charge < -0.3 is 10.4 Å². The lowest BCUT2D eigenvalue weighted by Crippen LogP contribution is -2.17. The maximum Gasteiger partial charge on any atom is 0.303 e. The van der Waals surface area contributed by atoms with Gasteiger partial charge in [-0.1, -0.05) is 6.92 Å². The zero-order valence-electron chi connectivity index (χ0n) is 10.2. The standard InChI is InChI=1S/C12H15BrN2O3/c1-7(4-11(17)18)3-10(16)15-9-5-8(2)12(13)14-6-9/h5-7H,3-4H2,1-2H3,(H,15,16)(H,17,18). The Morgan fingerprint density at radius 2 is 2.17 bits per heavy atom. The Morgan fingerprint density at radius 1 is 1.50 bits per heavy atom. The minimum absolute atomic E-state index is 0.00889. The summed E-state index contributed by atoms with van der Waals surface area (Å²) in [5.74, 6) is -1.28. The number of carboxylic acid groups (broad SMARTS) is 1. The van der Waals surface area contributed by atoms with E-state index in [0.717, 1.165) is 10.2 Å². The van der Waals surface area contributed by atoms with Crippen LogP contribution >= 0.6 is 15.9 Å². The molecule has 0 fully saturated rings. The third-order valence-electron chi connectivity index (χ3n) is 2.36. The maximum atomic E-state index is 11.7. The molecule has 0 radical (unpaired) electrons. The van der Waals surface area contributed by atoms with E-state index in [-0.39, 0.29) is 24.7 Å². The number of aryl methyl sites for hydroxylation is 1. The van der Waals surface area contributed by atoms with Gasteiger partial charge in [0.15, 0.2) is 0 Å². The molecule has 0 saturated heterocycles. The van der Waals surface area contributed by atoms with E-state index in [9.17, 15) is 9.59 Å². The number of hydrogen-bond acceptors (Lipinski definition) is 3. The molecule has 1 amide bonds. The summed E-state index contributed by atoms with van der Waals surface area (Å²) in [6.07, 6.45) is 1.73. The van der Waals surface area contributed by atoms with Crippen LogP contribution in [-0.2, 0) is 9.59 Å². The van der Waals surface area contributed by atoms with E-state index in [1.54, 1.807) is 19.2 Å². The molecule has 1 unspecified atom stereocenters. The third kappa shape index (κ3) is 4.83. The van der Waals surface area contributed by atoms with E-state index < -0.39 is 5.97 Å². The van der Waals surface area contributed by atoms with Crippen LogP contribution in [0.5, 0.6) is 0 Å². The molecule has 0 aromatic carbocycles. The summed E-state index contributed by atoms with van der Waals surface area (Å²) in [6.45, 7) is 3.61. The topological polar surface area (TPSA) is 79.3 Å². The largest absolute Gasteiger partial charge is 0.481 e. The molecule has 98 valence electrons. The molecule has 0 spiro atoms. The maximum absolute atomic E-state index is 11.7. The summed E-state index contributed by atoms with van der Waals surface area (Å²) in [5.41, 5.74) is 1.54. The van der Waals surface area contributed by atoms with Crippen molar-refractivity contribution >= 4 is 33.5 Å². The van der Waals surface area contributed by atoms with Gasteiger partial charge in [-0.15, -0.1) is 0 Å². The zero-order valence-corrected chi connectivity index (χ0v) is 11.8. The number of anilines is 1. The zero-order chi connectivity index (χ0) is 13.7. The van der Waals surface area contributed by atoms with Crippen molar-refractivity contribution in [2.24, 2.45) is 5.92 Å². The number of aliphatic carboxylic acids is 1. The highest BCUT2D eigenvalue weighted by atomic mass is 79.9. The highest BCUT2D eigenvalue weighted by Crippen LogP contribution is 2.17. The number of carbonyl (C=O) groups is 2. The van der Waals surface area contributed by atoms with Gasteiger partial charge in [0.25, 0.3) is 0 Å². The SMILES string of the molecule is Cc1cc(NC(=O)CC(C)CC(=O)O)cnc1Br. The molecule has 5 nitrogen and oxygen atoms in total. The van der Waals surface area contributed by atoms with Crippen molar-refractivity contribution in [2.45, 2.75) is 26.7 Å². The Balaban J connectivity index is 2.54. The molecule has 0 bridgehead atoms. The van der Waals surface area contributed by atoms with Crippen LogP contribution in [0.4, 0.5) is 5.69 Å². The molecule has 0 aliphatic heterocycles. The first kappa shape index (κ1) is 14.6. The quantitative estimate of drug-likeness (QED) is 0.819. The van der Waals surface area contributed by atoms with Gasteiger partial charge in [0, 0.05) is 12.8 Å². The van der Waals surface area contributed by atoms with Crippen LogP contribution in [-0.4, -0.2) is 22.0 Å². The summed E-state index contributed by atoms with van der Waals surface area (Å²) in [6, 6.07) is 1.80.